The van der Waals surface area contributed by atoms with Gasteiger partial charge in [-0.15, -0.1) is 5.10 Å². The van der Waals surface area contributed by atoms with E-state index in [1.165, 1.54) is 0 Å². The second-order valence-corrected chi connectivity index (χ2v) is 4.22. The van der Waals surface area contributed by atoms with E-state index in [9.17, 15) is 4.79 Å². The monoisotopic (exact) mass is 248 g/mol. The van der Waals surface area contributed by atoms with Gasteiger partial charge >= 0.3 is 0 Å². The first kappa shape index (κ1) is 11.5. The lowest BCUT2D eigenvalue weighted by atomic mass is 10.2. The summed E-state index contributed by atoms with van der Waals surface area (Å²) in [6.45, 7) is 2.00. The molecule has 1 aromatic heterocycles. The van der Waals surface area contributed by atoms with E-state index in [1.807, 2.05) is 31.2 Å². The van der Waals surface area contributed by atoms with Crippen LogP contribution in [0.3, 0.4) is 0 Å². The van der Waals surface area contributed by atoms with Crippen molar-refractivity contribution in [2.24, 2.45) is 0 Å². The number of hydrogen-bond donors (Lipinski definition) is 2. The van der Waals surface area contributed by atoms with Gasteiger partial charge in [-0.3, -0.25) is 4.79 Å². The lowest BCUT2D eigenvalue weighted by molar-refractivity contribution is 0.0959. The Hall–Kier alpha value is -1.95. The van der Waals surface area contributed by atoms with Gasteiger partial charge in [0.2, 0.25) is 0 Å². The third kappa shape index (κ3) is 2.42. The van der Waals surface area contributed by atoms with E-state index in [4.69, 9.17) is 0 Å². The highest BCUT2D eigenvalue weighted by atomic mass is 32.1. The Balaban J connectivity index is 2.28. The topological polar surface area (TPSA) is 66.9 Å². The molecular formula is C11H12N4OS. The van der Waals surface area contributed by atoms with Gasteiger partial charge in [-0.25, -0.2) is 0 Å². The normalized spacial score (nSPS) is 10.0. The number of aromatic nitrogens is 2. The molecule has 5 nitrogen and oxygen atoms in total. The first-order valence-electron chi connectivity index (χ1n) is 5.09. The summed E-state index contributed by atoms with van der Waals surface area (Å²) in [7, 11) is 1.57. The molecule has 0 aliphatic heterocycles. The number of aryl methyl sites for hydroxylation is 1. The zero-order valence-corrected chi connectivity index (χ0v) is 10.3. The van der Waals surface area contributed by atoms with Gasteiger partial charge in [0.25, 0.3) is 5.91 Å². The smallest absolute Gasteiger partial charge is 0.274 e. The van der Waals surface area contributed by atoms with Crippen molar-refractivity contribution in [3.63, 3.8) is 0 Å². The van der Waals surface area contributed by atoms with E-state index < -0.39 is 0 Å². The maximum atomic E-state index is 11.5. The Morgan fingerprint density at radius 1 is 1.35 bits per heavy atom. The minimum atomic E-state index is -0.241. The maximum absolute atomic E-state index is 11.5. The van der Waals surface area contributed by atoms with E-state index in [1.54, 1.807) is 7.05 Å². The Morgan fingerprint density at radius 2 is 2.12 bits per heavy atom. The molecule has 0 aliphatic carbocycles. The number of nitrogens with one attached hydrogen (secondary N) is 2. The minimum absolute atomic E-state index is 0.241. The summed E-state index contributed by atoms with van der Waals surface area (Å²) in [5.41, 5.74) is 2.37. The van der Waals surface area contributed by atoms with E-state index >= 15 is 0 Å². The number of benzene rings is 1. The van der Waals surface area contributed by atoms with Crippen molar-refractivity contribution in [3.05, 3.63) is 35.5 Å². The Morgan fingerprint density at radius 3 is 2.82 bits per heavy atom. The summed E-state index contributed by atoms with van der Waals surface area (Å²) in [4.78, 5) is 11.5. The molecule has 1 heterocycles. The van der Waals surface area contributed by atoms with Gasteiger partial charge in [0.1, 0.15) is 5.00 Å². The van der Waals surface area contributed by atoms with Crippen LogP contribution in [0, 0.1) is 6.92 Å². The third-order valence-corrected chi connectivity index (χ3v) is 2.96. The van der Waals surface area contributed by atoms with Gasteiger partial charge in [0.05, 0.1) is 0 Å². The first-order chi connectivity index (χ1) is 8.22. The number of rotatable bonds is 3. The van der Waals surface area contributed by atoms with Crippen molar-refractivity contribution >= 4 is 28.1 Å². The standard InChI is InChI=1S/C11H12N4OS/c1-7-5-3-4-6-8(7)13-11-9(10(16)12-2)14-15-17-11/h3-6,13H,1-2H3,(H,12,16). The van der Waals surface area contributed by atoms with E-state index in [2.05, 4.69) is 20.2 Å². The van der Waals surface area contributed by atoms with Crippen LogP contribution < -0.4 is 10.6 Å². The van der Waals surface area contributed by atoms with Gasteiger partial charge in [0, 0.05) is 24.3 Å². The molecule has 88 valence electrons. The lowest BCUT2D eigenvalue weighted by Gasteiger charge is -2.07. The Labute approximate surface area is 103 Å². The highest BCUT2D eigenvalue weighted by molar-refractivity contribution is 7.10. The molecule has 1 aromatic carbocycles. The largest absolute Gasteiger partial charge is 0.354 e. The van der Waals surface area contributed by atoms with Gasteiger partial charge in [-0.1, -0.05) is 22.7 Å². The van der Waals surface area contributed by atoms with Gasteiger partial charge in [0.15, 0.2) is 5.69 Å². The molecule has 0 saturated carbocycles. The van der Waals surface area contributed by atoms with Crippen LogP contribution in [0.4, 0.5) is 10.7 Å². The van der Waals surface area contributed by atoms with Gasteiger partial charge in [-0.2, -0.15) is 0 Å². The average Bonchev–Trinajstić information content (AvgIpc) is 2.79. The van der Waals surface area contributed by atoms with Gasteiger partial charge < -0.3 is 10.6 Å². The van der Waals surface area contributed by atoms with Crippen LogP contribution in [0.5, 0.6) is 0 Å². The molecule has 0 bridgehead atoms. The number of amides is 1. The average molecular weight is 248 g/mol. The molecule has 0 fully saturated rings. The van der Waals surface area contributed by atoms with E-state index in [0.717, 1.165) is 22.8 Å². The van der Waals surface area contributed by atoms with Crippen molar-refractivity contribution in [1.82, 2.24) is 14.9 Å². The zero-order chi connectivity index (χ0) is 12.3. The summed E-state index contributed by atoms with van der Waals surface area (Å²) in [5.74, 6) is -0.241. The van der Waals surface area contributed by atoms with E-state index in [0.29, 0.717) is 10.7 Å². The summed E-state index contributed by atoms with van der Waals surface area (Å²) >= 11 is 1.16. The number of para-hydroxylation sites is 1. The SMILES string of the molecule is CNC(=O)c1nnsc1Nc1ccccc1C. The van der Waals surface area contributed by atoms with E-state index in [-0.39, 0.29) is 5.91 Å². The molecule has 2 aromatic rings. The maximum Gasteiger partial charge on any atom is 0.274 e. The van der Waals surface area contributed by atoms with Crippen molar-refractivity contribution in [2.45, 2.75) is 6.92 Å². The summed E-state index contributed by atoms with van der Waals surface area (Å²) < 4.78 is 3.79. The minimum Gasteiger partial charge on any atom is -0.354 e. The molecule has 2 N–H and O–H groups in total. The molecule has 17 heavy (non-hydrogen) atoms. The van der Waals surface area contributed by atoms with Crippen molar-refractivity contribution in [3.8, 4) is 0 Å². The lowest BCUT2D eigenvalue weighted by Crippen LogP contribution is -2.19. The molecular weight excluding hydrogens is 236 g/mol. The molecule has 0 atom stereocenters. The summed E-state index contributed by atoms with van der Waals surface area (Å²) in [6.07, 6.45) is 0. The number of anilines is 2. The first-order valence-corrected chi connectivity index (χ1v) is 5.87. The molecule has 1 amide bonds. The van der Waals surface area contributed by atoms with Crippen molar-refractivity contribution in [2.75, 3.05) is 12.4 Å². The zero-order valence-electron chi connectivity index (χ0n) is 9.52. The van der Waals surface area contributed by atoms with Crippen LogP contribution in [-0.4, -0.2) is 22.5 Å². The van der Waals surface area contributed by atoms with Crippen molar-refractivity contribution in [1.29, 1.82) is 0 Å². The van der Waals surface area contributed by atoms with Crippen LogP contribution in [0.2, 0.25) is 0 Å². The molecule has 6 heteroatoms. The second kappa shape index (κ2) is 4.92. The number of nitrogens with zero attached hydrogens (tertiary/aromatic N) is 2. The molecule has 0 radical (unpaired) electrons. The predicted molar refractivity (Wildman–Crippen MR) is 67.8 cm³/mol. The van der Waals surface area contributed by atoms with Crippen LogP contribution in [0.25, 0.3) is 0 Å². The fourth-order valence-electron chi connectivity index (χ4n) is 1.38. The molecule has 0 spiro atoms. The Kier molecular flexibility index (Phi) is 3.34. The van der Waals surface area contributed by atoms with Crippen LogP contribution in [-0.2, 0) is 0 Å². The number of carbonyl (C=O) groups excluding carboxylic acids is 1. The van der Waals surface area contributed by atoms with Crippen LogP contribution in [0.15, 0.2) is 24.3 Å². The molecule has 0 unspecified atom stereocenters. The fourth-order valence-corrected chi connectivity index (χ4v) is 1.95. The van der Waals surface area contributed by atoms with Crippen LogP contribution >= 0.6 is 11.5 Å². The number of carbonyl (C=O) groups is 1. The Bertz CT molecular complexity index is 538. The second-order valence-electron chi connectivity index (χ2n) is 3.47. The number of hydrogen-bond acceptors (Lipinski definition) is 5. The predicted octanol–water partition coefficient (Wildman–Crippen LogP) is 1.95. The molecule has 2 rings (SSSR count). The highest BCUT2D eigenvalue weighted by Crippen LogP contribution is 2.24. The molecule has 0 saturated heterocycles. The van der Waals surface area contributed by atoms with Gasteiger partial charge in [-0.05, 0) is 18.6 Å². The van der Waals surface area contributed by atoms with Crippen molar-refractivity contribution < 1.29 is 4.79 Å². The fraction of sp³-hybridized carbons (Fsp3) is 0.182. The van der Waals surface area contributed by atoms with Crippen LogP contribution in [0.1, 0.15) is 16.1 Å². The molecule has 0 aliphatic rings. The summed E-state index contributed by atoms with van der Waals surface area (Å²) in [6, 6.07) is 7.84. The highest BCUT2D eigenvalue weighted by Gasteiger charge is 2.15. The summed E-state index contributed by atoms with van der Waals surface area (Å²) in [5, 5.41) is 10.2. The third-order valence-electron chi connectivity index (χ3n) is 2.32. The quantitative estimate of drug-likeness (QED) is 0.871.